The van der Waals surface area contributed by atoms with Gasteiger partial charge in [-0.1, -0.05) is 23.7 Å². The molecule has 1 fully saturated rings. The van der Waals surface area contributed by atoms with Crippen molar-refractivity contribution >= 4 is 23.3 Å². The van der Waals surface area contributed by atoms with E-state index in [1.165, 1.54) is 6.20 Å². The number of carbonyl (C=O) groups is 1. The van der Waals surface area contributed by atoms with E-state index in [1.54, 1.807) is 17.0 Å². The van der Waals surface area contributed by atoms with Gasteiger partial charge in [-0.25, -0.2) is 9.78 Å². The minimum atomic E-state index is -0.220. The molecule has 4 rings (SSSR count). The highest BCUT2D eigenvalue weighted by Gasteiger charge is 2.34. The van der Waals surface area contributed by atoms with Crippen molar-refractivity contribution in [2.24, 2.45) is 0 Å². The van der Waals surface area contributed by atoms with Crippen LogP contribution in [0.4, 0.5) is 10.5 Å². The van der Waals surface area contributed by atoms with Crippen molar-refractivity contribution in [2.45, 2.75) is 32.4 Å². The molecule has 3 aromatic rings. The molecular weight excluding hydrogens is 402 g/mol. The second kappa shape index (κ2) is 8.51. The molecule has 0 saturated carbocycles. The Morgan fingerprint density at radius 2 is 2.07 bits per heavy atom. The van der Waals surface area contributed by atoms with Crippen LogP contribution in [0.5, 0.6) is 0 Å². The standard InChI is InChI=1S/C21H20ClN7O/c1-14-26-27-20(29(14)13-15-4-6-16(22)7-5-15)19-3-2-10-28(19)21(30)25-18-9-8-17(11-23)24-12-18/h4-9,12,19H,2-3,10,13H2,1H3,(H,25,30)/t19-/m1/s1. The molecule has 152 valence electrons. The number of anilines is 1. The van der Waals surface area contributed by atoms with Crippen LogP contribution in [0, 0.1) is 18.3 Å². The third-order valence-electron chi connectivity index (χ3n) is 5.16. The number of nitrogens with zero attached hydrogens (tertiary/aromatic N) is 6. The Balaban J connectivity index is 1.53. The van der Waals surface area contributed by atoms with Crippen LogP contribution in [0.3, 0.4) is 0 Å². The van der Waals surface area contributed by atoms with E-state index in [0.717, 1.165) is 30.1 Å². The first-order chi connectivity index (χ1) is 14.5. The predicted octanol–water partition coefficient (Wildman–Crippen LogP) is 3.92. The zero-order chi connectivity index (χ0) is 21.1. The van der Waals surface area contributed by atoms with Crippen molar-refractivity contribution in [2.75, 3.05) is 11.9 Å². The second-order valence-corrected chi connectivity index (χ2v) is 7.58. The molecule has 1 aliphatic rings. The number of urea groups is 1. The Morgan fingerprint density at radius 3 is 2.77 bits per heavy atom. The van der Waals surface area contributed by atoms with Crippen molar-refractivity contribution in [1.82, 2.24) is 24.6 Å². The molecule has 0 spiro atoms. The van der Waals surface area contributed by atoms with Crippen LogP contribution in [0.2, 0.25) is 5.02 Å². The van der Waals surface area contributed by atoms with E-state index in [-0.39, 0.29) is 12.1 Å². The summed E-state index contributed by atoms with van der Waals surface area (Å²) in [6, 6.07) is 12.5. The molecule has 30 heavy (non-hydrogen) atoms. The van der Waals surface area contributed by atoms with Gasteiger partial charge in [0.2, 0.25) is 0 Å². The number of hydrogen-bond donors (Lipinski definition) is 1. The van der Waals surface area contributed by atoms with Gasteiger partial charge in [-0.05, 0) is 49.6 Å². The number of aryl methyl sites for hydroxylation is 1. The van der Waals surface area contributed by atoms with Crippen molar-refractivity contribution in [3.63, 3.8) is 0 Å². The molecule has 1 aliphatic heterocycles. The third kappa shape index (κ3) is 4.11. The molecule has 3 heterocycles. The number of nitriles is 1. The summed E-state index contributed by atoms with van der Waals surface area (Å²) in [5, 5.41) is 21.1. The first kappa shape index (κ1) is 19.9. The van der Waals surface area contributed by atoms with Gasteiger partial charge in [0.1, 0.15) is 17.6 Å². The van der Waals surface area contributed by atoms with E-state index in [4.69, 9.17) is 16.9 Å². The molecule has 1 aromatic carbocycles. The highest BCUT2D eigenvalue weighted by molar-refractivity contribution is 6.30. The Morgan fingerprint density at radius 1 is 1.27 bits per heavy atom. The van der Waals surface area contributed by atoms with Crippen LogP contribution in [0.15, 0.2) is 42.6 Å². The number of benzene rings is 1. The third-order valence-corrected chi connectivity index (χ3v) is 5.41. The van der Waals surface area contributed by atoms with Gasteiger partial charge in [0.25, 0.3) is 0 Å². The lowest BCUT2D eigenvalue weighted by Gasteiger charge is -2.25. The number of rotatable bonds is 4. The van der Waals surface area contributed by atoms with Crippen LogP contribution in [-0.2, 0) is 6.54 Å². The van der Waals surface area contributed by atoms with Crippen LogP contribution < -0.4 is 5.32 Å². The Bertz CT molecular complexity index is 1090. The quantitative estimate of drug-likeness (QED) is 0.688. The number of amides is 2. The van der Waals surface area contributed by atoms with Crippen molar-refractivity contribution in [1.29, 1.82) is 5.26 Å². The number of pyridine rings is 1. The molecule has 1 saturated heterocycles. The normalized spacial score (nSPS) is 15.8. The fourth-order valence-electron chi connectivity index (χ4n) is 3.62. The van der Waals surface area contributed by atoms with Crippen LogP contribution in [0.1, 0.15) is 41.8 Å². The number of carbonyl (C=O) groups excluding carboxylic acids is 1. The van der Waals surface area contributed by atoms with E-state index < -0.39 is 0 Å². The maximum atomic E-state index is 12.9. The zero-order valence-corrected chi connectivity index (χ0v) is 17.2. The number of aromatic nitrogens is 4. The summed E-state index contributed by atoms with van der Waals surface area (Å²) < 4.78 is 2.04. The predicted molar refractivity (Wildman–Crippen MR) is 112 cm³/mol. The zero-order valence-electron chi connectivity index (χ0n) is 16.4. The monoisotopic (exact) mass is 421 g/mol. The fourth-order valence-corrected chi connectivity index (χ4v) is 3.75. The average molecular weight is 422 g/mol. The molecular formula is C21H20ClN7O. The summed E-state index contributed by atoms with van der Waals surface area (Å²) in [6.45, 7) is 3.15. The van der Waals surface area contributed by atoms with E-state index in [0.29, 0.717) is 29.5 Å². The van der Waals surface area contributed by atoms with Crippen LogP contribution in [-0.4, -0.2) is 37.2 Å². The number of nitrogens with one attached hydrogen (secondary N) is 1. The smallest absolute Gasteiger partial charge is 0.314 e. The van der Waals surface area contributed by atoms with Crippen LogP contribution >= 0.6 is 11.6 Å². The van der Waals surface area contributed by atoms with Gasteiger partial charge in [-0.3, -0.25) is 0 Å². The van der Waals surface area contributed by atoms with Gasteiger partial charge < -0.3 is 14.8 Å². The van der Waals surface area contributed by atoms with Gasteiger partial charge in [0, 0.05) is 11.6 Å². The van der Waals surface area contributed by atoms with Gasteiger partial charge in [0.05, 0.1) is 24.5 Å². The maximum Gasteiger partial charge on any atom is 0.322 e. The van der Waals surface area contributed by atoms with E-state index in [1.807, 2.05) is 41.8 Å². The van der Waals surface area contributed by atoms with Gasteiger partial charge >= 0.3 is 6.03 Å². The van der Waals surface area contributed by atoms with Gasteiger partial charge in [0.15, 0.2) is 5.82 Å². The number of likely N-dealkylation sites (tertiary alicyclic amines) is 1. The second-order valence-electron chi connectivity index (χ2n) is 7.14. The SMILES string of the molecule is Cc1nnc([C@H]2CCCN2C(=O)Nc2ccc(C#N)nc2)n1Cc1ccc(Cl)cc1. The van der Waals surface area contributed by atoms with E-state index in [2.05, 4.69) is 20.5 Å². The summed E-state index contributed by atoms with van der Waals surface area (Å²) in [5.41, 5.74) is 1.93. The summed E-state index contributed by atoms with van der Waals surface area (Å²) in [5.74, 6) is 1.57. The topological polar surface area (TPSA) is 99.7 Å². The minimum absolute atomic E-state index is 0.162. The van der Waals surface area contributed by atoms with E-state index in [9.17, 15) is 4.79 Å². The Labute approximate surface area is 179 Å². The largest absolute Gasteiger partial charge is 0.322 e. The first-order valence-electron chi connectivity index (χ1n) is 9.63. The number of halogens is 1. The number of hydrogen-bond acceptors (Lipinski definition) is 5. The summed E-state index contributed by atoms with van der Waals surface area (Å²) in [4.78, 5) is 18.7. The highest BCUT2D eigenvalue weighted by atomic mass is 35.5. The molecule has 2 amide bonds. The van der Waals surface area contributed by atoms with Crippen molar-refractivity contribution in [3.8, 4) is 6.07 Å². The molecule has 8 nitrogen and oxygen atoms in total. The molecule has 9 heteroatoms. The molecule has 0 unspecified atom stereocenters. The Kier molecular flexibility index (Phi) is 5.63. The average Bonchev–Trinajstić information content (AvgIpc) is 3.37. The summed E-state index contributed by atoms with van der Waals surface area (Å²) in [6.07, 6.45) is 3.18. The molecule has 0 radical (unpaired) electrons. The lowest BCUT2D eigenvalue weighted by atomic mass is 10.2. The lowest BCUT2D eigenvalue weighted by Crippen LogP contribution is -2.35. The molecule has 1 atom stereocenters. The van der Waals surface area contributed by atoms with E-state index >= 15 is 0 Å². The molecule has 2 aromatic heterocycles. The van der Waals surface area contributed by atoms with Crippen molar-refractivity contribution in [3.05, 3.63) is 70.5 Å². The Hall–Kier alpha value is -3.44. The van der Waals surface area contributed by atoms with Crippen molar-refractivity contribution < 1.29 is 4.79 Å². The lowest BCUT2D eigenvalue weighted by molar-refractivity contribution is 0.204. The molecule has 1 N–H and O–H groups in total. The van der Waals surface area contributed by atoms with Gasteiger partial charge in [-0.15, -0.1) is 10.2 Å². The first-order valence-corrected chi connectivity index (χ1v) is 10.0. The molecule has 0 bridgehead atoms. The van der Waals surface area contributed by atoms with Crippen LogP contribution in [0.25, 0.3) is 0 Å². The summed E-state index contributed by atoms with van der Waals surface area (Å²) >= 11 is 5.99. The maximum absolute atomic E-state index is 12.9. The highest BCUT2D eigenvalue weighted by Crippen LogP contribution is 2.32. The fraction of sp³-hybridized carbons (Fsp3) is 0.286. The summed E-state index contributed by atoms with van der Waals surface area (Å²) in [7, 11) is 0. The van der Waals surface area contributed by atoms with Gasteiger partial charge in [-0.2, -0.15) is 5.26 Å². The minimum Gasteiger partial charge on any atom is -0.314 e. The molecule has 0 aliphatic carbocycles.